The maximum Gasteiger partial charge on any atom is 0.129 e. The van der Waals surface area contributed by atoms with Gasteiger partial charge in [0, 0.05) is 24.4 Å². The maximum atomic E-state index is 4.29. The molecule has 2 rings (SSSR count). The fourth-order valence-corrected chi connectivity index (χ4v) is 2.45. The van der Waals surface area contributed by atoms with E-state index in [-0.39, 0.29) is 0 Å². The van der Waals surface area contributed by atoms with Crippen LogP contribution in [0.1, 0.15) is 12.5 Å². The highest BCUT2D eigenvalue weighted by atomic mass is 79.9. The van der Waals surface area contributed by atoms with Gasteiger partial charge in [0.2, 0.25) is 0 Å². The van der Waals surface area contributed by atoms with Crippen LogP contribution in [-0.2, 0) is 13.1 Å². The summed E-state index contributed by atoms with van der Waals surface area (Å²) >= 11 is 6.77. The zero-order valence-corrected chi connectivity index (χ0v) is 11.4. The van der Waals surface area contributed by atoms with Gasteiger partial charge in [-0.25, -0.2) is 0 Å². The van der Waals surface area contributed by atoms with Crippen molar-refractivity contribution in [3.8, 4) is 0 Å². The first kappa shape index (κ1) is 10.9. The van der Waals surface area contributed by atoms with Gasteiger partial charge in [-0.1, -0.05) is 0 Å². The normalized spacial score (nSPS) is 10.9. The molecule has 15 heavy (non-hydrogen) atoms. The standard InChI is InChI=1S/C9H10Br2N4/c1-2-14-5-7(4-12-14)6-15-9(11)3-8(10)13-15/h3-5H,2,6H2,1H3. The lowest BCUT2D eigenvalue weighted by atomic mass is 10.4. The molecule has 2 aromatic heterocycles. The van der Waals surface area contributed by atoms with E-state index in [9.17, 15) is 0 Å². The largest absolute Gasteiger partial charge is 0.273 e. The first-order valence-electron chi connectivity index (χ1n) is 4.59. The van der Waals surface area contributed by atoms with Gasteiger partial charge in [-0.05, 0) is 38.8 Å². The molecule has 0 aliphatic heterocycles. The first-order chi connectivity index (χ1) is 7.19. The van der Waals surface area contributed by atoms with Crippen LogP contribution in [0.25, 0.3) is 0 Å². The van der Waals surface area contributed by atoms with E-state index in [1.54, 1.807) is 0 Å². The lowest BCUT2D eigenvalue weighted by Crippen LogP contribution is -2.01. The SMILES string of the molecule is CCn1cc(Cn2nc(Br)cc2Br)cn1. The van der Waals surface area contributed by atoms with Crippen molar-refractivity contribution < 1.29 is 0 Å². The Hall–Kier alpha value is -0.620. The molecule has 0 N–H and O–H groups in total. The zero-order chi connectivity index (χ0) is 10.8. The molecule has 4 nitrogen and oxygen atoms in total. The Morgan fingerprint density at radius 3 is 2.73 bits per heavy atom. The van der Waals surface area contributed by atoms with Crippen LogP contribution in [0, 0.1) is 0 Å². The predicted molar refractivity (Wildman–Crippen MR) is 64.6 cm³/mol. The molecule has 0 amide bonds. The Morgan fingerprint density at radius 2 is 2.20 bits per heavy atom. The van der Waals surface area contributed by atoms with Gasteiger partial charge in [-0.15, -0.1) is 0 Å². The van der Waals surface area contributed by atoms with Crippen molar-refractivity contribution in [2.45, 2.75) is 20.0 Å². The second-order valence-corrected chi connectivity index (χ2v) is 4.78. The summed E-state index contributed by atoms with van der Waals surface area (Å²) in [5.41, 5.74) is 1.15. The Balaban J connectivity index is 2.17. The highest BCUT2D eigenvalue weighted by Gasteiger charge is 2.05. The van der Waals surface area contributed by atoms with E-state index in [1.165, 1.54) is 0 Å². The molecule has 0 fully saturated rings. The lowest BCUT2D eigenvalue weighted by molar-refractivity contribution is 0.650. The predicted octanol–water partition coefficient (Wildman–Crippen LogP) is 2.67. The number of hydrogen-bond acceptors (Lipinski definition) is 2. The second-order valence-electron chi connectivity index (χ2n) is 3.15. The molecule has 0 bridgehead atoms. The molecule has 0 unspecified atom stereocenters. The Bertz CT molecular complexity index is 460. The molecular formula is C9H10Br2N4. The third-order valence-corrected chi connectivity index (χ3v) is 3.07. The molecular weight excluding hydrogens is 324 g/mol. The highest BCUT2D eigenvalue weighted by molar-refractivity contribution is 9.11. The average molecular weight is 334 g/mol. The Morgan fingerprint density at radius 1 is 1.40 bits per heavy atom. The molecule has 2 heterocycles. The van der Waals surface area contributed by atoms with Gasteiger partial charge in [0.15, 0.2) is 0 Å². The van der Waals surface area contributed by atoms with E-state index < -0.39 is 0 Å². The van der Waals surface area contributed by atoms with Crippen molar-refractivity contribution in [2.24, 2.45) is 0 Å². The van der Waals surface area contributed by atoms with Crippen LogP contribution in [-0.4, -0.2) is 19.6 Å². The summed E-state index contributed by atoms with van der Waals surface area (Å²) in [5, 5.41) is 8.51. The quantitative estimate of drug-likeness (QED) is 0.865. The van der Waals surface area contributed by atoms with Crippen molar-refractivity contribution in [1.29, 1.82) is 0 Å². The molecule has 0 saturated heterocycles. The minimum atomic E-state index is 0.728. The number of aryl methyl sites for hydroxylation is 1. The number of nitrogens with zero attached hydrogens (tertiary/aromatic N) is 4. The van der Waals surface area contributed by atoms with Crippen molar-refractivity contribution in [1.82, 2.24) is 19.6 Å². The first-order valence-corrected chi connectivity index (χ1v) is 6.18. The summed E-state index contributed by atoms with van der Waals surface area (Å²) < 4.78 is 5.57. The van der Waals surface area contributed by atoms with E-state index in [0.717, 1.165) is 27.9 Å². The van der Waals surface area contributed by atoms with Gasteiger partial charge >= 0.3 is 0 Å². The van der Waals surface area contributed by atoms with Gasteiger partial charge in [0.1, 0.15) is 9.21 Å². The molecule has 2 aromatic rings. The molecule has 6 heteroatoms. The number of rotatable bonds is 3. The summed E-state index contributed by atoms with van der Waals surface area (Å²) in [6, 6.07) is 1.92. The Labute approximate surface area is 105 Å². The third-order valence-electron chi connectivity index (χ3n) is 2.04. The molecule has 80 valence electrons. The van der Waals surface area contributed by atoms with Gasteiger partial charge < -0.3 is 0 Å². The van der Waals surface area contributed by atoms with Gasteiger partial charge in [0.25, 0.3) is 0 Å². The van der Waals surface area contributed by atoms with Crippen LogP contribution in [0.3, 0.4) is 0 Å². The molecule has 0 aromatic carbocycles. The van der Waals surface area contributed by atoms with Crippen LogP contribution < -0.4 is 0 Å². The van der Waals surface area contributed by atoms with Crippen molar-refractivity contribution in [2.75, 3.05) is 0 Å². The molecule has 0 aliphatic rings. The van der Waals surface area contributed by atoms with E-state index in [0.29, 0.717) is 0 Å². The summed E-state index contributed by atoms with van der Waals surface area (Å²) in [6.07, 6.45) is 3.90. The number of hydrogen-bond donors (Lipinski definition) is 0. The van der Waals surface area contributed by atoms with Crippen LogP contribution >= 0.6 is 31.9 Å². The van der Waals surface area contributed by atoms with E-state index in [2.05, 4.69) is 49.0 Å². The van der Waals surface area contributed by atoms with E-state index in [4.69, 9.17) is 0 Å². The van der Waals surface area contributed by atoms with Gasteiger partial charge in [-0.3, -0.25) is 9.36 Å². The molecule has 0 spiro atoms. The molecule has 0 saturated carbocycles. The van der Waals surface area contributed by atoms with Crippen LogP contribution in [0.4, 0.5) is 0 Å². The summed E-state index contributed by atoms with van der Waals surface area (Å²) in [6.45, 7) is 3.69. The molecule has 0 atom stereocenters. The van der Waals surface area contributed by atoms with E-state index >= 15 is 0 Å². The van der Waals surface area contributed by atoms with E-state index in [1.807, 2.05) is 27.8 Å². The smallest absolute Gasteiger partial charge is 0.129 e. The lowest BCUT2D eigenvalue weighted by Gasteiger charge is -1.99. The number of aromatic nitrogens is 4. The van der Waals surface area contributed by atoms with Gasteiger partial charge in [-0.2, -0.15) is 10.2 Å². The van der Waals surface area contributed by atoms with Crippen molar-refractivity contribution in [3.05, 3.63) is 33.2 Å². The topological polar surface area (TPSA) is 35.6 Å². The second kappa shape index (κ2) is 4.49. The number of halogens is 2. The monoisotopic (exact) mass is 332 g/mol. The minimum Gasteiger partial charge on any atom is -0.273 e. The zero-order valence-electron chi connectivity index (χ0n) is 8.19. The van der Waals surface area contributed by atoms with Crippen molar-refractivity contribution in [3.63, 3.8) is 0 Å². The molecule has 0 radical (unpaired) electrons. The maximum absolute atomic E-state index is 4.29. The highest BCUT2D eigenvalue weighted by Crippen LogP contribution is 2.17. The average Bonchev–Trinajstić information content (AvgIpc) is 2.75. The Kier molecular flexibility index (Phi) is 3.25. The van der Waals surface area contributed by atoms with Crippen molar-refractivity contribution >= 4 is 31.9 Å². The third kappa shape index (κ3) is 2.49. The summed E-state index contributed by atoms with van der Waals surface area (Å²) in [7, 11) is 0. The minimum absolute atomic E-state index is 0.728. The van der Waals surface area contributed by atoms with Crippen LogP contribution in [0.15, 0.2) is 27.7 Å². The fourth-order valence-electron chi connectivity index (χ4n) is 1.31. The molecule has 0 aliphatic carbocycles. The summed E-state index contributed by atoms with van der Waals surface area (Å²) in [4.78, 5) is 0. The summed E-state index contributed by atoms with van der Waals surface area (Å²) in [5.74, 6) is 0. The van der Waals surface area contributed by atoms with Crippen LogP contribution in [0.5, 0.6) is 0 Å². The van der Waals surface area contributed by atoms with Gasteiger partial charge in [0.05, 0.1) is 12.7 Å². The fraction of sp³-hybridized carbons (Fsp3) is 0.333. The van der Waals surface area contributed by atoms with Crippen LogP contribution in [0.2, 0.25) is 0 Å².